The molecule has 1 aromatic rings. The van der Waals surface area contributed by atoms with Crippen molar-refractivity contribution >= 4 is 5.82 Å². The predicted molar refractivity (Wildman–Crippen MR) is 90.3 cm³/mol. The van der Waals surface area contributed by atoms with Crippen LogP contribution in [0.3, 0.4) is 0 Å². The summed E-state index contributed by atoms with van der Waals surface area (Å²) in [5.41, 5.74) is 0.501. The number of anilines is 1. The number of ether oxygens (including phenoxy) is 1. The first-order valence-corrected chi connectivity index (χ1v) is 8.64. The molecule has 2 aliphatic rings. The van der Waals surface area contributed by atoms with Crippen LogP contribution in [0.2, 0.25) is 0 Å². The van der Waals surface area contributed by atoms with E-state index in [2.05, 4.69) is 34.7 Å². The molecule has 0 amide bonds. The van der Waals surface area contributed by atoms with Crippen LogP contribution in [0.4, 0.5) is 5.82 Å². The number of hydrogen-bond donors (Lipinski definition) is 0. The molecule has 2 atom stereocenters. The molecule has 2 unspecified atom stereocenters. The second-order valence-corrected chi connectivity index (χ2v) is 6.90. The Morgan fingerprint density at radius 1 is 1.22 bits per heavy atom. The molecule has 3 rings (SSSR count). The monoisotopic (exact) mass is 314 g/mol. The number of aromatic nitrogens is 1. The lowest BCUT2D eigenvalue weighted by molar-refractivity contribution is -0.0720. The quantitative estimate of drug-likeness (QED) is 0.857. The summed E-state index contributed by atoms with van der Waals surface area (Å²) in [7, 11) is 0. The fourth-order valence-corrected chi connectivity index (χ4v) is 3.80. The van der Waals surface area contributed by atoms with Gasteiger partial charge in [0.2, 0.25) is 0 Å². The molecule has 23 heavy (non-hydrogen) atoms. The van der Waals surface area contributed by atoms with E-state index in [1.54, 1.807) is 6.07 Å². The second kappa shape index (κ2) is 7.29. The topological polar surface area (TPSA) is 52.4 Å². The van der Waals surface area contributed by atoms with Gasteiger partial charge < -0.3 is 9.64 Å². The summed E-state index contributed by atoms with van der Waals surface area (Å²) >= 11 is 0. The van der Waals surface area contributed by atoms with E-state index < -0.39 is 0 Å². The van der Waals surface area contributed by atoms with E-state index in [1.807, 2.05) is 12.1 Å². The van der Waals surface area contributed by atoms with Crippen LogP contribution in [0.15, 0.2) is 18.2 Å². The van der Waals surface area contributed by atoms with Crippen molar-refractivity contribution in [2.75, 3.05) is 37.6 Å². The smallest absolute Gasteiger partial charge is 0.142 e. The van der Waals surface area contributed by atoms with Crippen molar-refractivity contribution in [2.24, 2.45) is 5.92 Å². The Hall–Kier alpha value is -1.64. The maximum Gasteiger partial charge on any atom is 0.142 e. The van der Waals surface area contributed by atoms with Crippen LogP contribution in [0.5, 0.6) is 0 Å². The van der Waals surface area contributed by atoms with Crippen LogP contribution in [-0.4, -0.2) is 54.8 Å². The summed E-state index contributed by atoms with van der Waals surface area (Å²) in [5, 5.41) is 8.98. The van der Waals surface area contributed by atoms with Crippen LogP contribution in [0.1, 0.15) is 32.4 Å². The molecule has 3 heterocycles. The zero-order valence-electron chi connectivity index (χ0n) is 14.1. The molecule has 0 saturated carbocycles. The lowest BCUT2D eigenvalue weighted by Crippen LogP contribution is -2.48. The Balaban J connectivity index is 1.51. The first kappa shape index (κ1) is 16.2. The van der Waals surface area contributed by atoms with Crippen LogP contribution < -0.4 is 4.90 Å². The minimum absolute atomic E-state index is 0.344. The van der Waals surface area contributed by atoms with E-state index in [9.17, 15) is 0 Å². The number of nitriles is 1. The van der Waals surface area contributed by atoms with Crippen molar-refractivity contribution < 1.29 is 4.74 Å². The largest absolute Gasteiger partial charge is 0.373 e. The van der Waals surface area contributed by atoms with Gasteiger partial charge >= 0.3 is 0 Å². The maximum absolute atomic E-state index is 8.98. The van der Waals surface area contributed by atoms with Crippen molar-refractivity contribution in [1.29, 1.82) is 5.26 Å². The molecule has 2 fully saturated rings. The fourth-order valence-electron chi connectivity index (χ4n) is 3.80. The molecular weight excluding hydrogens is 288 g/mol. The molecule has 1 aromatic heterocycles. The highest BCUT2D eigenvalue weighted by Gasteiger charge is 2.26. The van der Waals surface area contributed by atoms with Gasteiger partial charge in [0, 0.05) is 32.7 Å². The minimum atomic E-state index is 0.344. The standard InChI is InChI=1S/C18H26N4O/c1-14-11-21(12-15(2)23-14)13-16-6-8-22(9-7-16)18-5-3-4-17(10-19)20-18/h3-5,14-16H,6-9,11-13H2,1-2H3. The zero-order chi connectivity index (χ0) is 16.2. The summed E-state index contributed by atoms with van der Waals surface area (Å²) < 4.78 is 5.82. The van der Waals surface area contributed by atoms with Crippen molar-refractivity contribution in [1.82, 2.24) is 9.88 Å². The van der Waals surface area contributed by atoms with Crippen LogP contribution >= 0.6 is 0 Å². The van der Waals surface area contributed by atoms with E-state index in [-0.39, 0.29) is 0 Å². The second-order valence-electron chi connectivity index (χ2n) is 6.90. The predicted octanol–water partition coefficient (Wildman–Crippen LogP) is 2.28. The fraction of sp³-hybridized carbons (Fsp3) is 0.667. The summed E-state index contributed by atoms with van der Waals surface area (Å²) in [4.78, 5) is 9.28. The molecule has 2 aliphatic heterocycles. The van der Waals surface area contributed by atoms with Gasteiger partial charge in [0.25, 0.3) is 0 Å². The van der Waals surface area contributed by atoms with Crippen molar-refractivity contribution in [2.45, 2.75) is 38.9 Å². The summed E-state index contributed by atoms with van der Waals surface area (Å²) in [6.07, 6.45) is 3.07. The molecule has 0 radical (unpaired) electrons. The molecular formula is C18H26N4O. The molecule has 0 bridgehead atoms. The Morgan fingerprint density at radius 3 is 2.57 bits per heavy atom. The van der Waals surface area contributed by atoms with Gasteiger partial charge in [-0.1, -0.05) is 6.07 Å². The van der Waals surface area contributed by atoms with Gasteiger partial charge in [-0.25, -0.2) is 4.98 Å². The van der Waals surface area contributed by atoms with Gasteiger partial charge in [0.15, 0.2) is 0 Å². The van der Waals surface area contributed by atoms with E-state index in [1.165, 1.54) is 19.4 Å². The van der Waals surface area contributed by atoms with Gasteiger partial charge in [0.05, 0.1) is 12.2 Å². The van der Waals surface area contributed by atoms with Crippen molar-refractivity contribution in [3.05, 3.63) is 23.9 Å². The average molecular weight is 314 g/mol. The number of piperidine rings is 1. The highest BCUT2D eigenvalue weighted by molar-refractivity contribution is 5.41. The Labute approximate surface area is 138 Å². The minimum Gasteiger partial charge on any atom is -0.373 e. The van der Waals surface area contributed by atoms with Gasteiger partial charge in [-0.2, -0.15) is 5.26 Å². The third kappa shape index (κ3) is 4.21. The highest BCUT2D eigenvalue weighted by atomic mass is 16.5. The molecule has 2 saturated heterocycles. The summed E-state index contributed by atoms with van der Waals surface area (Å²) in [6.45, 7) is 9.67. The van der Waals surface area contributed by atoms with Crippen molar-refractivity contribution in [3.63, 3.8) is 0 Å². The summed E-state index contributed by atoms with van der Waals surface area (Å²) in [5.74, 6) is 1.69. The maximum atomic E-state index is 8.98. The number of morpholine rings is 1. The normalized spacial score (nSPS) is 26.9. The third-order valence-electron chi connectivity index (χ3n) is 4.80. The SMILES string of the molecule is CC1CN(CC2CCN(c3cccc(C#N)n3)CC2)CC(C)O1. The first-order valence-electron chi connectivity index (χ1n) is 8.64. The molecule has 0 N–H and O–H groups in total. The lowest BCUT2D eigenvalue weighted by atomic mass is 9.95. The number of hydrogen-bond acceptors (Lipinski definition) is 5. The lowest BCUT2D eigenvalue weighted by Gasteiger charge is -2.39. The van der Waals surface area contributed by atoms with E-state index in [0.29, 0.717) is 17.9 Å². The first-order chi connectivity index (χ1) is 11.1. The number of nitrogens with zero attached hydrogens (tertiary/aromatic N) is 4. The van der Waals surface area contributed by atoms with Crippen LogP contribution in [-0.2, 0) is 4.74 Å². The molecule has 5 heteroatoms. The molecule has 0 aliphatic carbocycles. The number of pyridine rings is 1. The number of rotatable bonds is 3. The van der Waals surface area contributed by atoms with Crippen molar-refractivity contribution in [3.8, 4) is 6.07 Å². The Kier molecular flexibility index (Phi) is 5.14. The van der Waals surface area contributed by atoms with Crippen LogP contribution in [0, 0.1) is 17.2 Å². The van der Waals surface area contributed by atoms with Gasteiger partial charge in [-0.3, -0.25) is 4.90 Å². The molecule has 0 spiro atoms. The average Bonchev–Trinajstić information content (AvgIpc) is 2.55. The van der Waals surface area contributed by atoms with Gasteiger partial charge in [0.1, 0.15) is 17.6 Å². The van der Waals surface area contributed by atoms with E-state index >= 15 is 0 Å². The zero-order valence-corrected chi connectivity index (χ0v) is 14.1. The van der Waals surface area contributed by atoms with E-state index in [0.717, 1.165) is 37.9 Å². The molecule has 5 nitrogen and oxygen atoms in total. The van der Waals surface area contributed by atoms with Gasteiger partial charge in [-0.05, 0) is 44.7 Å². The summed E-state index contributed by atoms with van der Waals surface area (Å²) in [6, 6.07) is 7.81. The molecule has 124 valence electrons. The highest BCUT2D eigenvalue weighted by Crippen LogP contribution is 2.24. The third-order valence-corrected chi connectivity index (χ3v) is 4.80. The Bertz CT molecular complexity index is 552. The van der Waals surface area contributed by atoms with Crippen LogP contribution in [0.25, 0.3) is 0 Å². The van der Waals surface area contributed by atoms with Gasteiger partial charge in [-0.15, -0.1) is 0 Å². The molecule has 0 aromatic carbocycles. The van der Waals surface area contributed by atoms with E-state index in [4.69, 9.17) is 10.00 Å². The Morgan fingerprint density at radius 2 is 1.91 bits per heavy atom.